The fraction of sp³-hybridized carbons (Fsp3) is 0.350. The summed E-state index contributed by atoms with van der Waals surface area (Å²) < 4.78 is 42.6. The van der Waals surface area contributed by atoms with E-state index in [1.165, 1.54) is 24.3 Å². The lowest BCUT2D eigenvalue weighted by Crippen LogP contribution is -2.30. The van der Waals surface area contributed by atoms with Gasteiger partial charge in [0.05, 0.1) is 23.7 Å². The third-order valence-electron chi connectivity index (χ3n) is 5.14. The topological polar surface area (TPSA) is 60.2 Å². The number of amides is 1. The van der Waals surface area contributed by atoms with Gasteiger partial charge in [-0.3, -0.25) is 9.78 Å². The van der Waals surface area contributed by atoms with Gasteiger partial charge in [0.15, 0.2) is 0 Å². The van der Waals surface area contributed by atoms with E-state index in [0.717, 1.165) is 23.3 Å². The quantitative estimate of drug-likeness (QED) is 0.669. The third-order valence-corrected chi connectivity index (χ3v) is 5.14. The minimum Gasteiger partial charge on any atom is -0.406 e. The van der Waals surface area contributed by atoms with Crippen LogP contribution in [0.2, 0.25) is 0 Å². The zero-order valence-corrected chi connectivity index (χ0v) is 15.7. The molecule has 1 aliphatic rings. The Kier molecular flexibility index (Phi) is 4.89. The van der Waals surface area contributed by atoms with Gasteiger partial charge in [0.2, 0.25) is 5.91 Å². The predicted octanol–water partition coefficient (Wildman–Crippen LogP) is 3.43. The Morgan fingerprint density at radius 2 is 2.00 bits per heavy atom. The number of benzene rings is 1. The molecule has 0 radical (unpaired) electrons. The van der Waals surface area contributed by atoms with Crippen molar-refractivity contribution in [3.05, 3.63) is 54.1 Å². The Labute approximate surface area is 164 Å². The summed E-state index contributed by atoms with van der Waals surface area (Å²) in [4.78, 5) is 23.2. The summed E-state index contributed by atoms with van der Waals surface area (Å²) in [7, 11) is 1.95. The highest BCUT2D eigenvalue weighted by molar-refractivity contribution is 5.79. The summed E-state index contributed by atoms with van der Waals surface area (Å²) in [5, 5.41) is 0. The Balaban J connectivity index is 1.40. The first-order valence-corrected chi connectivity index (χ1v) is 9.19. The zero-order chi connectivity index (χ0) is 20.6. The zero-order valence-electron chi connectivity index (χ0n) is 15.7. The SMILES string of the molecule is Cn1c(C2CCN(C(=O)Cc3ccc(OC(F)(F)F)cc3)C2)nc2ccncc21. The van der Waals surface area contributed by atoms with Crippen molar-refractivity contribution in [1.29, 1.82) is 0 Å². The van der Waals surface area contributed by atoms with E-state index >= 15 is 0 Å². The Morgan fingerprint density at radius 1 is 1.24 bits per heavy atom. The highest BCUT2D eigenvalue weighted by Crippen LogP contribution is 2.29. The Hall–Kier alpha value is -3.10. The van der Waals surface area contributed by atoms with Gasteiger partial charge in [0.1, 0.15) is 11.6 Å². The van der Waals surface area contributed by atoms with Gasteiger partial charge in [-0.1, -0.05) is 12.1 Å². The first-order chi connectivity index (χ1) is 13.8. The normalized spacial score (nSPS) is 17.1. The summed E-state index contributed by atoms with van der Waals surface area (Å²) in [6, 6.07) is 7.26. The number of pyridine rings is 1. The summed E-state index contributed by atoms with van der Waals surface area (Å²) in [5.74, 6) is 0.708. The van der Waals surface area contributed by atoms with E-state index in [1.54, 1.807) is 17.3 Å². The maximum Gasteiger partial charge on any atom is 0.573 e. The van der Waals surface area contributed by atoms with Crippen molar-refractivity contribution in [2.75, 3.05) is 13.1 Å². The van der Waals surface area contributed by atoms with Gasteiger partial charge in [0, 0.05) is 32.3 Å². The van der Waals surface area contributed by atoms with Crippen LogP contribution in [0.4, 0.5) is 13.2 Å². The summed E-state index contributed by atoms with van der Waals surface area (Å²) >= 11 is 0. The molecule has 29 heavy (non-hydrogen) atoms. The number of aromatic nitrogens is 3. The van der Waals surface area contributed by atoms with Crippen LogP contribution >= 0.6 is 0 Å². The smallest absolute Gasteiger partial charge is 0.406 e. The first kappa shape index (κ1) is 19.2. The van der Waals surface area contributed by atoms with E-state index in [1.807, 2.05) is 17.7 Å². The van der Waals surface area contributed by atoms with Crippen LogP contribution in [-0.4, -0.2) is 44.8 Å². The number of fused-ring (bicyclic) bond motifs is 1. The summed E-state index contributed by atoms with van der Waals surface area (Å²) in [6.07, 6.45) is -0.307. The van der Waals surface area contributed by atoms with Gasteiger partial charge in [-0.15, -0.1) is 13.2 Å². The highest BCUT2D eigenvalue weighted by Gasteiger charge is 2.32. The van der Waals surface area contributed by atoms with Crippen molar-refractivity contribution in [2.45, 2.75) is 25.1 Å². The number of hydrogen-bond donors (Lipinski definition) is 0. The summed E-state index contributed by atoms with van der Waals surface area (Å²) in [6.45, 7) is 1.19. The van der Waals surface area contributed by atoms with Gasteiger partial charge in [-0.05, 0) is 30.2 Å². The van der Waals surface area contributed by atoms with E-state index in [-0.39, 0.29) is 24.0 Å². The second-order valence-corrected chi connectivity index (χ2v) is 7.09. The number of hydrogen-bond acceptors (Lipinski definition) is 4. The van der Waals surface area contributed by atoms with Crippen molar-refractivity contribution in [1.82, 2.24) is 19.4 Å². The van der Waals surface area contributed by atoms with Crippen LogP contribution in [0.25, 0.3) is 11.0 Å². The molecule has 9 heteroatoms. The van der Waals surface area contributed by atoms with Crippen molar-refractivity contribution in [2.24, 2.45) is 7.05 Å². The molecule has 1 atom stereocenters. The molecule has 0 bridgehead atoms. The Bertz CT molecular complexity index is 1030. The number of carbonyl (C=O) groups excluding carboxylic acids is 1. The average molecular weight is 404 g/mol. The van der Waals surface area contributed by atoms with Crippen LogP contribution in [0.5, 0.6) is 5.75 Å². The molecule has 3 heterocycles. The van der Waals surface area contributed by atoms with Crippen molar-refractivity contribution in [3.63, 3.8) is 0 Å². The molecule has 1 unspecified atom stereocenters. The molecule has 0 N–H and O–H groups in total. The molecule has 1 aromatic carbocycles. The van der Waals surface area contributed by atoms with Crippen LogP contribution in [0.15, 0.2) is 42.7 Å². The van der Waals surface area contributed by atoms with Crippen LogP contribution < -0.4 is 4.74 Å². The van der Waals surface area contributed by atoms with E-state index < -0.39 is 6.36 Å². The van der Waals surface area contributed by atoms with Crippen molar-refractivity contribution >= 4 is 16.9 Å². The minimum absolute atomic E-state index is 0.0579. The Morgan fingerprint density at radius 3 is 2.69 bits per heavy atom. The molecule has 2 aromatic heterocycles. The van der Waals surface area contributed by atoms with Gasteiger partial charge < -0.3 is 14.2 Å². The lowest BCUT2D eigenvalue weighted by Gasteiger charge is -2.17. The number of rotatable bonds is 4. The highest BCUT2D eigenvalue weighted by atomic mass is 19.4. The molecule has 1 aliphatic heterocycles. The molecule has 1 fully saturated rings. The third kappa shape index (κ3) is 4.18. The van der Waals surface area contributed by atoms with Crippen LogP contribution in [0.1, 0.15) is 23.7 Å². The van der Waals surface area contributed by atoms with Crippen LogP contribution in [-0.2, 0) is 18.3 Å². The molecule has 1 amide bonds. The number of carbonyl (C=O) groups is 1. The van der Waals surface area contributed by atoms with E-state index in [9.17, 15) is 18.0 Å². The number of alkyl halides is 3. The lowest BCUT2D eigenvalue weighted by atomic mass is 10.1. The molecule has 6 nitrogen and oxygen atoms in total. The monoisotopic (exact) mass is 404 g/mol. The molecule has 152 valence electrons. The molecular weight excluding hydrogens is 385 g/mol. The molecule has 0 aliphatic carbocycles. The minimum atomic E-state index is -4.73. The molecule has 1 saturated heterocycles. The second-order valence-electron chi connectivity index (χ2n) is 7.09. The standard InChI is InChI=1S/C20H19F3N4O2/c1-26-17-11-24-8-6-16(17)25-19(26)14-7-9-27(12-14)18(28)10-13-2-4-15(5-3-13)29-20(21,22)23/h2-6,8,11,14H,7,9-10,12H2,1H3. The first-order valence-electron chi connectivity index (χ1n) is 9.19. The summed E-state index contributed by atoms with van der Waals surface area (Å²) in [5.41, 5.74) is 2.47. The van der Waals surface area contributed by atoms with Crippen molar-refractivity contribution in [3.8, 4) is 5.75 Å². The maximum absolute atomic E-state index is 12.6. The van der Waals surface area contributed by atoms with E-state index in [0.29, 0.717) is 18.7 Å². The number of aryl methyl sites for hydroxylation is 1. The molecule has 0 saturated carbocycles. The molecular formula is C20H19F3N4O2. The van der Waals surface area contributed by atoms with Gasteiger partial charge >= 0.3 is 6.36 Å². The van der Waals surface area contributed by atoms with E-state index in [2.05, 4.69) is 9.72 Å². The number of halogens is 3. The largest absolute Gasteiger partial charge is 0.573 e. The number of imidazole rings is 1. The van der Waals surface area contributed by atoms with Gasteiger partial charge in [0.25, 0.3) is 0 Å². The maximum atomic E-state index is 12.6. The van der Waals surface area contributed by atoms with Crippen molar-refractivity contribution < 1.29 is 22.7 Å². The second kappa shape index (κ2) is 7.38. The van der Waals surface area contributed by atoms with E-state index in [4.69, 9.17) is 4.98 Å². The predicted molar refractivity (Wildman–Crippen MR) is 99.3 cm³/mol. The lowest BCUT2D eigenvalue weighted by molar-refractivity contribution is -0.274. The average Bonchev–Trinajstić information content (AvgIpc) is 3.28. The van der Waals surface area contributed by atoms with Gasteiger partial charge in [-0.2, -0.15) is 0 Å². The molecule has 4 rings (SSSR count). The van der Waals surface area contributed by atoms with Crippen LogP contribution in [0.3, 0.4) is 0 Å². The fourth-order valence-electron chi connectivity index (χ4n) is 3.71. The van der Waals surface area contributed by atoms with Gasteiger partial charge in [-0.25, -0.2) is 4.98 Å². The fourth-order valence-corrected chi connectivity index (χ4v) is 3.71. The molecule has 3 aromatic rings. The molecule has 0 spiro atoms. The van der Waals surface area contributed by atoms with Crippen LogP contribution in [0, 0.1) is 0 Å². The number of ether oxygens (including phenoxy) is 1. The number of likely N-dealkylation sites (tertiary alicyclic amines) is 1. The number of nitrogens with zero attached hydrogens (tertiary/aromatic N) is 4.